The molecule has 4 atom stereocenters. The lowest BCUT2D eigenvalue weighted by Crippen LogP contribution is -2.55. The van der Waals surface area contributed by atoms with Gasteiger partial charge >= 0.3 is 6.18 Å². The van der Waals surface area contributed by atoms with E-state index in [1.54, 1.807) is 18.2 Å². The second kappa shape index (κ2) is 7.27. The fraction of sp³-hybridized carbons (Fsp3) is 0.579. The number of halogens is 3. The Labute approximate surface area is 160 Å². The maximum atomic E-state index is 13.7. The highest BCUT2D eigenvalue weighted by atomic mass is 19.4. The molecule has 9 heteroatoms. The van der Waals surface area contributed by atoms with Gasteiger partial charge in [-0.1, -0.05) is 24.3 Å². The number of fused-ring (bicyclic) bond motifs is 1. The molecular weight excluding hydrogens is 377 g/mol. The number of alkyl halides is 3. The van der Waals surface area contributed by atoms with Gasteiger partial charge in [-0.2, -0.15) is 13.2 Å². The molecular formula is C19H21F3N2O4. The smallest absolute Gasteiger partial charge is 0.432 e. The van der Waals surface area contributed by atoms with Gasteiger partial charge in [-0.15, -0.1) is 0 Å². The van der Waals surface area contributed by atoms with Crippen molar-refractivity contribution >= 4 is 0 Å². The summed E-state index contributed by atoms with van der Waals surface area (Å²) in [6.07, 6.45) is -4.01. The van der Waals surface area contributed by atoms with Crippen molar-refractivity contribution < 1.29 is 27.6 Å². The standard InChI is InChI=1S/C19H21F3N2O4/c20-19(21,22)18-17(24(25)26)16(13-4-1-2-7-15(13)28-18)12-5-3-6-14(12)23-8-10-27-11-9-23/h1-2,4,6-7,12,16-18H,3,5,8-11H2/t12-,16+,17-,18-/m0/s1. The molecule has 1 aliphatic carbocycles. The number of benzene rings is 1. The Kier molecular flexibility index (Phi) is 4.95. The lowest BCUT2D eigenvalue weighted by molar-refractivity contribution is -0.550. The summed E-state index contributed by atoms with van der Waals surface area (Å²) < 4.78 is 51.6. The average Bonchev–Trinajstić information content (AvgIpc) is 3.15. The third-order valence-electron chi connectivity index (χ3n) is 5.80. The van der Waals surface area contributed by atoms with Gasteiger partial charge in [0.2, 0.25) is 0 Å². The summed E-state index contributed by atoms with van der Waals surface area (Å²) in [6, 6.07) is 4.50. The number of allylic oxidation sites excluding steroid dienone is 2. The van der Waals surface area contributed by atoms with E-state index >= 15 is 0 Å². The van der Waals surface area contributed by atoms with E-state index in [9.17, 15) is 23.3 Å². The first kappa shape index (κ1) is 19.0. The van der Waals surface area contributed by atoms with Crippen LogP contribution in [0.4, 0.5) is 13.2 Å². The number of nitro groups is 1. The number of hydrogen-bond acceptors (Lipinski definition) is 5. The third-order valence-corrected chi connectivity index (χ3v) is 5.80. The number of rotatable bonds is 3. The van der Waals surface area contributed by atoms with Crippen molar-refractivity contribution in [3.63, 3.8) is 0 Å². The van der Waals surface area contributed by atoms with Gasteiger partial charge in [0.15, 0.2) is 0 Å². The quantitative estimate of drug-likeness (QED) is 0.577. The molecule has 0 saturated carbocycles. The molecule has 0 amide bonds. The Morgan fingerprint density at radius 3 is 2.57 bits per heavy atom. The Morgan fingerprint density at radius 1 is 1.18 bits per heavy atom. The van der Waals surface area contributed by atoms with E-state index in [-0.39, 0.29) is 11.7 Å². The Bertz CT molecular complexity index is 777. The lowest BCUT2D eigenvalue weighted by Gasteiger charge is -2.41. The van der Waals surface area contributed by atoms with Gasteiger partial charge in [0.1, 0.15) is 5.75 Å². The van der Waals surface area contributed by atoms with Crippen LogP contribution in [0, 0.1) is 16.0 Å². The van der Waals surface area contributed by atoms with Crippen molar-refractivity contribution in [2.24, 2.45) is 5.92 Å². The fourth-order valence-electron chi connectivity index (χ4n) is 4.66. The van der Waals surface area contributed by atoms with E-state index < -0.39 is 29.2 Å². The van der Waals surface area contributed by atoms with Gasteiger partial charge in [-0.25, -0.2) is 0 Å². The van der Waals surface area contributed by atoms with Crippen molar-refractivity contribution in [2.75, 3.05) is 26.3 Å². The molecule has 1 saturated heterocycles. The minimum absolute atomic E-state index is 0.0844. The molecule has 4 rings (SSSR count). The maximum Gasteiger partial charge on any atom is 0.432 e. The zero-order valence-corrected chi connectivity index (χ0v) is 15.1. The molecule has 0 unspecified atom stereocenters. The summed E-state index contributed by atoms with van der Waals surface area (Å²) in [7, 11) is 0. The maximum absolute atomic E-state index is 13.7. The van der Waals surface area contributed by atoms with E-state index in [2.05, 4.69) is 4.90 Å². The fourth-order valence-corrected chi connectivity index (χ4v) is 4.66. The molecule has 0 aromatic heterocycles. The Hall–Kier alpha value is -2.29. The summed E-state index contributed by atoms with van der Waals surface area (Å²) in [6.45, 7) is 2.36. The van der Waals surface area contributed by atoms with E-state index in [4.69, 9.17) is 9.47 Å². The van der Waals surface area contributed by atoms with E-state index in [0.717, 1.165) is 5.70 Å². The molecule has 6 nitrogen and oxygen atoms in total. The topological polar surface area (TPSA) is 64.8 Å². The van der Waals surface area contributed by atoms with Gasteiger partial charge < -0.3 is 14.4 Å². The van der Waals surface area contributed by atoms with Crippen LogP contribution in [0.3, 0.4) is 0 Å². The van der Waals surface area contributed by atoms with Crippen LogP contribution in [-0.4, -0.2) is 54.4 Å². The molecule has 0 N–H and O–H groups in total. The Morgan fingerprint density at radius 2 is 1.89 bits per heavy atom. The summed E-state index contributed by atoms with van der Waals surface area (Å²) in [4.78, 5) is 13.1. The first-order valence-electron chi connectivity index (χ1n) is 9.36. The molecule has 2 heterocycles. The molecule has 0 radical (unpaired) electrons. The minimum atomic E-state index is -4.83. The van der Waals surface area contributed by atoms with Crippen LogP contribution in [0.2, 0.25) is 0 Å². The first-order valence-corrected chi connectivity index (χ1v) is 9.36. The van der Waals surface area contributed by atoms with E-state index in [1.807, 2.05) is 6.08 Å². The molecule has 2 aliphatic heterocycles. The van der Waals surface area contributed by atoms with Crippen LogP contribution < -0.4 is 4.74 Å². The summed E-state index contributed by atoms with van der Waals surface area (Å²) in [5.74, 6) is -1.17. The van der Waals surface area contributed by atoms with Crippen LogP contribution in [0.25, 0.3) is 0 Å². The van der Waals surface area contributed by atoms with Gasteiger partial charge in [-0.3, -0.25) is 10.1 Å². The zero-order valence-electron chi connectivity index (χ0n) is 15.1. The van der Waals surface area contributed by atoms with Gasteiger partial charge in [0.25, 0.3) is 12.1 Å². The van der Waals surface area contributed by atoms with Crippen molar-refractivity contribution in [3.05, 3.63) is 51.7 Å². The molecule has 1 aromatic rings. The molecule has 3 aliphatic rings. The van der Waals surface area contributed by atoms with Crippen molar-refractivity contribution in [1.29, 1.82) is 0 Å². The highest BCUT2D eigenvalue weighted by Gasteiger charge is 2.61. The molecule has 0 spiro atoms. The summed E-state index contributed by atoms with van der Waals surface area (Å²) in [5, 5.41) is 11.8. The average molecular weight is 398 g/mol. The van der Waals surface area contributed by atoms with Crippen LogP contribution in [-0.2, 0) is 4.74 Å². The predicted molar refractivity (Wildman–Crippen MR) is 93.6 cm³/mol. The van der Waals surface area contributed by atoms with E-state index in [0.29, 0.717) is 44.7 Å². The monoisotopic (exact) mass is 398 g/mol. The second-order valence-electron chi connectivity index (χ2n) is 7.33. The highest BCUT2D eigenvalue weighted by Crippen LogP contribution is 2.50. The molecule has 1 fully saturated rings. The Balaban J connectivity index is 1.77. The zero-order chi connectivity index (χ0) is 19.9. The second-order valence-corrected chi connectivity index (χ2v) is 7.33. The first-order chi connectivity index (χ1) is 13.4. The number of para-hydroxylation sites is 1. The molecule has 152 valence electrons. The summed E-state index contributed by atoms with van der Waals surface area (Å²) in [5.41, 5.74) is 1.38. The lowest BCUT2D eigenvalue weighted by atomic mass is 9.75. The number of ether oxygens (including phenoxy) is 2. The highest BCUT2D eigenvalue weighted by molar-refractivity contribution is 5.42. The van der Waals surface area contributed by atoms with Crippen molar-refractivity contribution in [3.8, 4) is 5.75 Å². The van der Waals surface area contributed by atoms with Gasteiger partial charge in [-0.05, 0) is 18.9 Å². The molecule has 28 heavy (non-hydrogen) atoms. The van der Waals surface area contributed by atoms with Crippen LogP contribution >= 0.6 is 0 Å². The van der Waals surface area contributed by atoms with Crippen LogP contribution in [0.5, 0.6) is 5.75 Å². The van der Waals surface area contributed by atoms with Gasteiger partial charge in [0, 0.05) is 35.2 Å². The minimum Gasteiger partial charge on any atom is -0.473 e. The number of nitrogens with zero attached hydrogens (tertiary/aromatic N) is 2. The SMILES string of the molecule is O=[N+]([O-])[C@H]1[C@H]([C@H]2CCC=C2N2CCOCC2)c2ccccc2O[C@@H]1C(F)(F)F. The van der Waals surface area contributed by atoms with Crippen molar-refractivity contribution in [2.45, 2.75) is 37.1 Å². The number of morpholine rings is 1. The summed E-state index contributed by atoms with van der Waals surface area (Å²) >= 11 is 0. The predicted octanol–water partition coefficient (Wildman–Crippen LogP) is 3.36. The van der Waals surface area contributed by atoms with E-state index in [1.165, 1.54) is 6.07 Å². The largest absolute Gasteiger partial charge is 0.473 e. The van der Waals surface area contributed by atoms with Crippen molar-refractivity contribution in [1.82, 2.24) is 4.90 Å². The molecule has 0 bridgehead atoms. The third kappa shape index (κ3) is 3.32. The van der Waals surface area contributed by atoms with Crippen LogP contribution in [0.1, 0.15) is 24.3 Å². The number of hydrogen-bond donors (Lipinski definition) is 0. The van der Waals surface area contributed by atoms with Gasteiger partial charge in [0.05, 0.1) is 19.1 Å². The normalized spacial score (nSPS) is 30.4. The van der Waals surface area contributed by atoms with Crippen LogP contribution in [0.15, 0.2) is 36.0 Å². The molecule has 1 aromatic carbocycles.